The molecule has 1 aromatic carbocycles. The molecule has 4 heteroatoms. The largest absolute Gasteiger partial charge is 0.469 e. The first-order chi connectivity index (χ1) is 7.04. The smallest absolute Gasteiger partial charge is 0.308 e. The molecule has 1 unspecified atom stereocenters. The molecule has 0 saturated carbocycles. The summed E-state index contributed by atoms with van der Waals surface area (Å²) in [5.41, 5.74) is 7.29. The number of hydrogen-bond donors (Lipinski definition) is 1. The van der Waals surface area contributed by atoms with E-state index in [1.54, 1.807) is 25.1 Å². The summed E-state index contributed by atoms with van der Waals surface area (Å²) in [7, 11) is 1.38. The van der Waals surface area contributed by atoms with Gasteiger partial charge < -0.3 is 10.5 Å². The Kier molecular flexibility index (Phi) is 3.97. The van der Waals surface area contributed by atoms with Gasteiger partial charge in [-0.05, 0) is 30.2 Å². The number of hydrogen-bond acceptors (Lipinski definition) is 3. The maximum Gasteiger partial charge on any atom is 0.308 e. The van der Waals surface area contributed by atoms with Crippen LogP contribution in [0.2, 0.25) is 5.02 Å². The van der Waals surface area contributed by atoms with Crippen LogP contribution in [0, 0.1) is 5.92 Å². The standard InChI is InChI=1S/C11H14ClNO2/c1-7(11(14)15-2)5-8-6-9(12)3-4-10(8)13/h3-4,6-7H,5,13H2,1-2H3. The highest BCUT2D eigenvalue weighted by Gasteiger charge is 2.15. The van der Waals surface area contributed by atoms with Crippen LogP contribution < -0.4 is 5.73 Å². The third-order valence-corrected chi connectivity index (χ3v) is 2.47. The molecule has 0 saturated heterocycles. The summed E-state index contributed by atoms with van der Waals surface area (Å²) in [6.07, 6.45) is 0.541. The number of carbonyl (C=O) groups excluding carboxylic acids is 1. The van der Waals surface area contributed by atoms with E-state index in [1.807, 2.05) is 0 Å². The molecule has 0 fully saturated rings. The monoisotopic (exact) mass is 227 g/mol. The molecular weight excluding hydrogens is 214 g/mol. The van der Waals surface area contributed by atoms with Gasteiger partial charge in [0, 0.05) is 10.7 Å². The molecule has 1 aromatic rings. The fourth-order valence-electron chi connectivity index (χ4n) is 1.37. The summed E-state index contributed by atoms with van der Waals surface area (Å²) in [6, 6.07) is 5.24. The Morgan fingerprint density at radius 2 is 2.27 bits per heavy atom. The fraction of sp³-hybridized carbons (Fsp3) is 0.364. The Bertz CT molecular complexity index is 366. The predicted molar refractivity (Wildman–Crippen MR) is 60.7 cm³/mol. The van der Waals surface area contributed by atoms with Crippen LogP contribution in [0.4, 0.5) is 5.69 Å². The second-order valence-electron chi connectivity index (χ2n) is 3.47. The lowest BCUT2D eigenvalue weighted by Gasteiger charge is -2.11. The number of methoxy groups -OCH3 is 1. The second-order valence-corrected chi connectivity index (χ2v) is 3.91. The van der Waals surface area contributed by atoms with Crippen LogP contribution in [0.25, 0.3) is 0 Å². The molecule has 3 nitrogen and oxygen atoms in total. The van der Waals surface area contributed by atoms with Gasteiger partial charge in [-0.15, -0.1) is 0 Å². The molecule has 0 aliphatic heterocycles. The minimum absolute atomic E-state index is 0.212. The van der Waals surface area contributed by atoms with E-state index < -0.39 is 0 Å². The number of halogens is 1. The lowest BCUT2D eigenvalue weighted by Crippen LogP contribution is -2.15. The van der Waals surface area contributed by atoms with E-state index >= 15 is 0 Å². The number of esters is 1. The molecule has 0 amide bonds. The van der Waals surface area contributed by atoms with Gasteiger partial charge in [0.2, 0.25) is 0 Å². The number of carbonyl (C=O) groups is 1. The number of nitrogens with two attached hydrogens (primary N) is 1. The first kappa shape index (κ1) is 11.9. The Hall–Kier alpha value is -1.22. The Morgan fingerprint density at radius 3 is 2.87 bits per heavy atom. The van der Waals surface area contributed by atoms with Crippen LogP contribution in [-0.4, -0.2) is 13.1 Å². The predicted octanol–water partition coefficient (Wildman–Crippen LogP) is 2.27. The van der Waals surface area contributed by atoms with Crippen molar-refractivity contribution >= 4 is 23.3 Å². The van der Waals surface area contributed by atoms with E-state index in [0.717, 1.165) is 5.56 Å². The molecule has 1 rings (SSSR count). The Labute approximate surface area is 94.2 Å². The van der Waals surface area contributed by atoms with E-state index in [0.29, 0.717) is 17.1 Å². The van der Waals surface area contributed by atoms with E-state index in [2.05, 4.69) is 4.74 Å². The maximum atomic E-state index is 11.2. The third kappa shape index (κ3) is 3.13. The van der Waals surface area contributed by atoms with Crippen molar-refractivity contribution in [3.63, 3.8) is 0 Å². The van der Waals surface area contributed by atoms with Crippen molar-refractivity contribution in [1.82, 2.24) is 0 Å². The quantitative estimate of drug-likeness (QED) is 0.637. The number of ether oxygens (including phenoxy) is 1. The fourth-order valence-corrected chi connectivity index (χ4v) is 1.56. The van der Waals surface area contributed by atoms with Crippen LogP contribution >= 0.6 is 11.6 Å². The average molecular weight is 228 g/mol. The minimum atomic E-state index is -0.241. The first-order valence-electron chi connectivity index (χ1n) is 4.66. The van der Waals surface area contributed by atoms with E-state index in [9.17, 15) is 4.79 Å². The highest BCUT2D eigenvalue weighted by atomic mass is 35.5. The van der Waals surface area contributed by atoms with Crippen molar-refractivity contribution in [1.29, 1.82) is 0 Å². The lowest BCUT2D eigenvalue weighted by molar-refractivity contribution is -0.144. The van der Waals surface area contributed by atoms with Crippen molar-refractivity contribution < 1.29 is 9.53 Å². The molecular formula is C11H14ClNO2. The van der Waals surface area contributed by atoms with Gasteiger partial charge in [-0.2, -0.15) is 0 Å². The normalized spacial score (nSPS) is 12.2. The molecule has 0 aromatic heterocycles. The topological polar surface area (TPSA) is 52.3 Å². The van der Waals surface area contributed by atoms with E-state index in [4.69, 9.17) is 17.3 Å². The zero-order valence-corrected chi connectivity index (χ0v) is 9.54. The number of anilines is 1. The van der Waals surface area contributed by atoms with Crippen LogP contribution in [0.1, 0.15) is 12.5 Å². The average Bonchev–Trinajstić information content (AvgIpc) is 2.22. The van der Waals surface area contributed by atoms with Gasteiger partial charge in [0.15, 0.2) is 0 Å². The van der Waals surface area contributed by atoms with Gasteiger partial charge >= 0.3 is 5.97 Å². The molecule has 0 heterocycles. The van der Waals surface area contributed by atoms with Gasteiger partial charge in [-0.25, -0.2) is 0 Å². The van der Waals surface area contributed by atoms with Crippen molar-refractivity contribution in [3.8, 4) is 0 Å². The van der Waals surface area contributed by atoms with Crippen LogP contribution in [-0.2, 0) is 16.0 Å². The van der Waals surface area contributed by atoms with Crippen LogP contribution in [0.15, 0.2) is 18.2 Å². The van der Waals surface area contributed by atoms with Gasteiger partial charge in [-0.1, -0.05) is 18.5 Å². The van der Waals surface area contributed by atoms with Gasteiger partial charge in [0.1, 0.15) is 0 Å². The van der Waals surface area contributed by atoms with Crippen LogP contribution in [0.3, 0.4) is 0 Å². The summed E-state index contributed by atoms with van der Waals surface area (Å²) in [6.45, 7) is 1.80. The lowest BCUT2D eigenvalue weighted by atomic mass is 10.00. The molecule has 0 bridgehead atoms. The second kappa shape index (κ2) is 5.03. The third-order valence-electron chi connectivity index (χ3n) is 2.23. The molecule has 2 N–H and O–H groups in total. The highest BCUT2D eigenvalue weighted by molar-refractivity contribution is 6.30. The molecule has 1 atom stereocenters. The molecule has 0 aliphatic carbocycles. The Morgan fingerprint density at radius 1 is 1.60 bits per heavy atom. The number of benzene rings is 1. The van der Waals surface area contributed by atoms with E-state index in [-0.39, 0.29) is 11.9 Å². The van der Waals surface area contributed by atoms with Gasteiger partial charge in [0.25, 0.3) is 0 Å². The van der Waals surface area contributed by atoms with Crippen molar-refractivity contribution in [2.24, 2.45) is 5.92 Å². The maximum absolute atomic E-state index is 11.2. The van der Waals surface area contributed by atoms with Gasteiger partial charge in [0.05, 0.1) is 13.0 Å². The highest BCUT2D eigenvalue weighted by Crippen LogP contribution is 2.21. The van der Waals surface area contributed by atoms with Gasteiger partial charge in [-0.3, -0.25) is 4.79 Å². The zero-order chi connectivity index (χ0) is 11.4. The molecule has 82 valence electrons. The van der Waals surface area contributed by atoms with E-state index in [1.165, 1.54) is 7.11 Å². The Balaban J connectivity index is 2.80. The molecule has 0 radical (unpaired) electrons. The SMILES string of the molecule is COC(=O)C(C)Cc1cc(Cl)ccc1N. The van der Waals surface area contributed by atoms with Crippen LogP contribution in [0.5, 0.6) is 0 Å². The zero-order valence-electron chi connectivity index (χ0n) is 8.79. The molecule has 15 heavy (non-hydrogen) atoms. The van der Waals surface area contributed by atoms with Crippen molar-refractivity contribution in [2.45, 2.75) is 13.3 Å². The van der Waals surface area contributed by atoms with Crippen molar-refractivity contribution in [3.05, 3.63) is 28.8 Å². The first-order valence-corrected chi connectivity index (χ1v) is 5.04. The molecule has 0 aliphatic rings. The minimum Gasteiger partial charge on any atom is -0.469 e. The summed E-state index contributed by atoms with van der Waals surface area (Å²) >= 11 is 5.84. The summed E-state index contributed by atoms with van der Waals surface area (Å²) in [5.74, 6) is -0.454. The number of rotatable bonds is 3. The summed E-state index contributed by atoms with van der Waals surface area (Å²) < 4.78 is 4.64. The summed E-state index contributed by atoms with van der Waals surface area (Å²) in [4.78, 5) is 11.2. The van der Waals surface area contributed by atoms with Crippen molar-refractivity contribution in [2.75, 3.05) is 12.8 Å². The molecule has 0 spiro atoms. The summed E-state index contributed by atoms with van der Waals surface area (Å²) in [5, 5.41) is 0.622. The number of nitrogen functional groups attached to an aromatic ring is 1.